The molecule has 1 atom stereocenters. The van der Waals surface area contributed by atoms with E-state index in [4.69, 9.17) is 9.84 Å². The second-order valence-corrected chi connectivity index (χ2v) is 5.42. The van der Waals surface area contributed by atoms with Crippen LogP contribution in [0.25, 0.3) is 0 Å². The highest BCUT2D eigenvalue weighted by molar-refractivity contribution is 9.10. The summed E-state index contributed by atoms with van der Waals surface area (Å²) in [5, 5.41) is 8.90. The molecular weight excluding hydrogens is 314 g/mol. The van der Waals surface area contributed by atoms with Crippen molar-refractivity contribution in [2.45, 2.75) is 25.9 Å². The standard InChI is InChI=1S/C12H16BrN3O3/c1-8(19-11-7-14-10(13)6-15-11)9-2-4-16(5-3-9)12(17)18/h6-9H,2-5H2,1H3,(H,17,18)/t8-/m0/s1. The molecule has 0 unspecified atom stereocenters. The van der Waals surface area contributed by atoms with Gasteiger partial charge in [0.15, 0.2) is 0 Å². The Kier molecular flexibility index (Phi) is 4.57. The minimum Gasteiger partial charge on any atom is -0.473 e. The zero-order valence-electron chi connectivity index (χ0n) is 10.6. The molecule has 7 heteroatoms. The summed E-state index contributed by atoms with van der Waals surface area (Å²) < 4.78 is 6.41. The van der Waals surface area contributed by atoms with E-state index < -0.39 is 6.09 Å². The molecule has 1 aromatic rings. The summed E-state index contributed by atoms with van der Waals surface area (Å²) >= 11 is 3.22. The highest BCUT2D eigenvalue weighted by Crippen LogP contribution is 2.23. The van der Waals surface area contributed by atoms with Gasteiger partial charge in [0, 0.05) is 13.1 Å². The van der Waals surface area contributed by atoms with E-state index in [0.717, 1.165) is 12.8 Å². The summed E-state index contributed by atoms with van der Waals surface area (Å²) in [7, 11) is 0. The van der Waals surface area contributed by atoms with E-state index in [-0.39, 0.29) is 6.10 Å². The number of amides is 1. The van der Waals surface area contributed by atoms with Crippen LogP contribution in [0.4, 0.5) is 4.79 Å². The average Bonchev–Trinajstić information content (AvgIpc) is 2.41. The van der Waals surface area contributed by atoms with Crippen molar-refractivity contribution in [1.82, 2.24) is 14.9 Å². The van der Waals surface area contributed by atoms with Crippen molar-refractivity contribution < 1.29 is 14.6 Å². The molecule has 1 N–H and O–H groups in total. The maximum Gasteiger partial charge on any atom is 0.407 e. The Hall–Kier alpha value is -1.37. The third-order valence-electron chi connectivity index (χ3n) is 3.38. The van der Waals surface area contributed by atoms with Gasteiger partial charge < -0.3 is 14.7 Å². The number of nitrogens with zero attached hydrogens (tertiary/aromatic N) is 3. The highest BCUT2D eigenvalue weighted by Gasteiger charge is 2.27. The number of carboxylic acid groups (broad SMARTS) is 1. The molecule has 2 heterocycles. The van der Waals surface area contributed by atoms with Gasteiger partial charge in [0.1, 0.15) is 10.7 Å². The van der Waals surface area contributed by atoms with E-state index in [9.17, 15) is 4.79 Å². The van der Waals surface area contributed by atoms with Gasteiger partial charge in [-0.3, -0.25) is 0 Å². The van der Waals surface area contributed by atoms with Gasteiger partial charge in [-0.15, -0.1) is 0 Å². The molecule has 1 aliphatic rings. The molecule has 1 fully saturated rings. The van der Waals surface area contributed by atoms with Crippen molar-refractivity contribution in [3.63, 3.8) is 0 Å². The van der Waals surface area contributed by atoms with Crippen molar-refractivity contribution >= 4 is 22.0 Å². The van der Waals surface area contributed by atoms with Crippen LogP contribution in [0.1, 0.15) is 19.8 Å². The summed E-state index contributed by atoms with van der Waals surface area (Å²) in [6, 6.07) is 0. The van der Waals surface area contributed by atoms with Gasteiger partial charge in [-0.1, -0.05) is 0 Å². The second-order valence-electron chi connectivity index (χ2n) is 4.61. The summed E-state index contributed by atoms with van der Waals surface area (Å²) in [4.78, 5) is 20.4. The molecule has 0 bridgehead atoms. The van der Waals surface area contributed by atoms with Crippen molar-refractivity contribution in [2.75, 3.05) is 13.1 Å². The Balaban J connectivity index is 1.86. The number of halogens is 1. The summed E-state index contributed by atoms with van der Waals surface area (Å²) in [6.45, 7) is 3.13. The van der Waals surface area contributed by atoms with E-state index in [1.807, 2.05) is 6.92 Å². The van der Waals surface area contributed by atoms with Gasteiger partial charge in [0.2, 0.25) is 5.88 Å². The number of piperidine rings is 1. The summed E-state index contributed by atoms with van der Waals surface area (Å²) in [5.74, 6) is 0.845. The maximum absolute atomic E-state index is 10.8. The fourth-order valence-electron chi connectivity index (χ4n) is 2.21. The molecule has 1 aromatic heterocycles. The van der Waals surface area contributed by atoms with Gasteiger partial charge in [0.25, 0.3) is 0 Å². The molecule has 6 nitrogen and oxygen atoms in total. The largest absolute Gasteiger partial charge is 0.473 e. The van der Waals surface area contributed by atoms with Crippen LogP contribution in [-0.4, -0.2) is 45.3 Å². The third-order valence-corrected chi connectivity index (χ3v) is 3.79. The Morgan fingerprint density at radius 1 is 1.47 bits per heavy atom. The lowest BCUT2D eigenvalue weighted by Crippen LogP contribution is -2.41. The molecule has 0 radical (unpaired) electrons. The van der Waals surface area contributed by atoms with Gasteiger partial charge in [-0.2, -0.15) is 0 Å². The van der Waals surface area contributed by atoms with E-state index in [0.29, 0.717) is 29.5 Å². The van der Waals surface area contributed by atoms with E-state index >= 15 is 0 Å². The van der Waals surface area contributed by atoms with Gasteiger partial charge in [-0.05, 0) is 41.6 Å². The van der Waals surface area contributed by atoms with Crippen molar-refractivity contribution in [3.05, 3.63) is 17.0 Å². The van der Waals surface area contributed by atoms with Crippen LogP contribution in [0.2, 0.25) is 0 Å². The minimum atomic E-state index is -0.842. The third kappa shape index (κ3) is 3.79. The molecular formula is C12H16BrN3O3. The first-order chi connectivity index (χ1) is 9.06. The van der Waals surface area contributed by atoms with Crippen LogP contribution in [0.5, 0.6) is 5.88 Å². The van der Waals surface area contributed by atoms with Crippen LogP contribution in [-0.2, 0) is 0 Å². The lowest BCUT2D eigenvalue weighted by atomic mass is 9.92. The Morgan fingerprint density at radius 2 is 2.16 bits per heavy atom. The number of carbonyl (C=O) groups is 1. The normalized spacial score (nSPS) is 18.1. The maximum atomic E-state index is 10.8. The molecule has 0 spiro atoms. The molecule has 19 heavy (non-hydrogen) atoms. The number of rotatable bonds is 3. The molecule has 0 aliphatic carbocycles. The molecule has 1 saturated heterocycles. The SMILES string of the molecule is C[C@H](Oc1cnc(Br)cn1)C1CCN(C(=O)O)CC1. The number of hydrogen-bond donors (Lipinski definition) is 1. The van der Waals surface area contributed by atoms with E-state index in [1.165, 1.54) is 4.90 Å². The second kappa shape index (κ2) is 6.18. The Labute approximate surface area is 119 Å². The van der Waals surface area contributed by atoms with E-state index in [2.05, 4.69) is 25.9 Å². The number of ether oxygens (including phenoxy) is 1. The van der Waals surface area contributed by atoms with Crippen LogP contribution < -0.4 is 4.74 Å². The van der Waals surface area contributed by atoms with Crippen LogP contribution in [0.3, 0.4) is 0 Å². The number of hydrogen-bond acceptors (Lipinski definition) is 4. The fourth-order valence-corrected chi connectivity index (χ4v) is 2.41. The first-order valence-corrected chi connectivity index (χ1v) is 6.97. The quantitative estimate of drug-likeness (QED) is 0.921. The molecule has 0 aromatic carbocycles. The van der Waals surface area contributed by atoms with Crippen molar-refractivity contribution in [2.24, 2.45) is 5.92 Å². The molecule has 0 saturated carbocycles. The Bertz CT molecular complexity index is 432. The fraction of sp³-hybridized carbons (Fsp3) is 0.583. The zero-order valence-corrected chi connectivity index (χ0v) is 12.2. The number of aromatic nitrogens is 2. The van der Waals surface area contributed by atoms with E-state index in [1.54, 1.807) is 12.4 Å². The predicted molar refractivity (Wildman–Crippen MR) is 72.1 cm³/mol. The number of likely N-dealkylation sites (tertiary alicyclic amines) is 1. The molecule has 1 aliphatic heterocycles. The summed E-state index contributed by atoms with van der Waals surface area (Å²) in [5.41, 5.74) is 0. The predicted octanol–water partition coefficient (Wildman–Crippen LogP) is 2.40. The van der Waals surface area contributed by atoms with Gasteiger partial charge >= 0.3 is 6.09 Å². The first kappa shape index (κ1) is 14.0. The smallest absolute Gasteiger partial charge is 0.407 e. The highest BCUT2D eigenvalue weighted by atomic mass is 79.9. The first-order valence-electron chi connectivity index (χ1n) is 6.18. The molecule has 104 valence electrons. The lowest BCUT2D eigenvalue weighted by molar-refractivity contribution is 0.0787. The van der Waals surface area contributed by atoms with Gasteiger partial charge in [0.05, 0.1) is 12.4 Å². The lowest BCUT2D eigenvalue weighted by Gasteiger charge is -2.33. The topological polar surface area (TPSA) is 75.6 Å². The van der Waals surface area contributed by atoms with Crippen LogP contribution in [0.15, 0.2) is 17.0 Å². The van der Waals surface area contributed by atoms with Crippen molar-refractivity contribution in [3.8, 4) is 5.88 Å². The molecule has 2 rings (SSSR count). The van der Waals surface area contributed by atoms with Crippen molar-refractivity contribution in [1.29, 1.82) is 0 Å². The Morgan fingerprint density at radius 3 is 2.68 bits per heavy atom. The average molecular weight is 330 g/mol. The van der Waals surface area contributed by atoms with Crippen LogP contribution >= 0.6 is 15.9 Å². The summed E-state index contributed by atoms with van der Waals surface area (Å²) in [6.07, 6.45) is 3.97. The monoisotopic (exact) mass is 329 g/mol. The molecule has 1 amide bonds. The van der Waals surface area contributed by atoms with Gasteiger partial charge in [-0.25, -0.2) is 14.8 Å². The minimum absolute atomic E-state index is 0.00594. The zero-order chi connectivity index (χ0) is 13.8. The van der Waals surface area contributed by atoms with Crippen LogP contribution in [0, 0.1) is 5.92 Å².